The highest BCUT2D eigenvalue weighted by Crippen LogP contribution is 2.39. The minimum absolute atomic E-state index is 0.441. The molecule has 1 atom stereocenters. The van der Waals surface area contributed by atoms with Crippen molar-refractivity contribution in [3.05, 3.63) is 17.7 Å². The molecule has 0 fully saturated rings. The third-order valence-electron chi connectivity index (χ3n) is 2.38. The zero-order valence-electron chi connectivity index (χ0n) is 10.4. The number of methoxy groups -OCH3 is 4. The zero-order valence-corrected chi connectivity index (χ0v) is 10.4. The van der Waals surface area contributed by atoms with Crippen molar-refractivity contribution in [2.45, 2.75) is 6.10 Å². The van der Waals surface area contributed by atoms with E-state index in [0.29, 0.717) is 17.2 Å². The van der Waals surface area contributed by atoms with E-state index in [1.165, 1.54) is 0 Å². The first-order chi connectivity index (χ1) is 8.21. The van der Waals surface area contributed by atoms with E-state index in [0.717, 1.165) is 5.56 Å². The monoisotopic (exact) mass is 236 g/mol. The van der Waals surface area contributed by atoms with Crippen LogP contribution in [0.1, 0.15) is 11.7 Å². The molecule has 0 amide bonds. The lowest BCUT2D eigenvalue weighted by Gasteiger charge is -2.16. The molecule has 92 valence electrons. The number of hydrogen-bond acceptors (Lipinski definition) is 4. The Balaban J connectivity index is 3.32. The minimum atomic E-state index is -0.441. The Morgan fingerprint density at radius 3 is 1.82 bits per heavy atom. The Kier molecular flexibility index (Phi) is 4.68. The van der Waals surface area contributed by atoms with Gasteiger partial charge in [0.1, 0.15) is 6.10 Å². The van der Waals surface area contributed by atoms with Gasteiger partial charge in [-0.05, 0) is 12.1 Å². The van der Waals surface area contributed by atoms with Gasteiger partial charge in [0.2, 0.25) is 5.75 Å². The predicted molar refractivity (Wildman–Crippen MR) is 64.7 cm³/mol. The van der Waals surface area contributed by atoms with Crippen molar-refractivity contribution in [3.8, 4) is 29.6 Å². The highest BCUT2D eigenvalue weighted by Gasteiger charge is 2.17. The minimum Gasteiger partial charge on any atom is -0.493 e. The van der Waals surface area contributed by atoms with Crippen molar-refractivity contribution in [1.29, 1.82) is 0 Å². The number of hydrogen-bond donors (Lipinski definition) is 0. The molecule has 0 saturated carbocycles. The average Bonchev–Trinajstić information content (AvgIpc) is 2.38. The van der Waals surface area contributed by atoms with Crippen LogP contribution < -0.4 is 14.2 Å². The van der Waals surface area contributed by atoms with Gasteiger partial charge in [0.15, 0.2) is 11.5 Å². The third kappa shape index (κ3) is 2.63. The fourth-order valence-corrected chi connectivity index (χ4v) is 1.55. The molecule has 0 N–H and O–H groups in total. The quantitative estimate of drug-likeness (QED) is 0.733. The van der Waals surface area contributed by atoms with Gasteiger partial charge in [-0.3, -0.25) is 0 Å². The Bertz CT molecular complexity index is 395. The van der Waals surface area contributed by atoms with Crippen LogP contribution >= 0.6 is 0 Å². The van der Waals surface area contributed by atoms with Crippen molar-refractivity contribution in [3.63, 3.8) is 0 Å². The fourth-order valence-electron chi connectivity index (χ4n) is 1.55. The van der Waals surface area contributed by atoms with E-state index in [4.69, 9.17) is 25.4 Å². The highest BCUT2D eigenvalue weighted by molar-refractivity contribution is 5.54. The molecule has 0 unspecified atom stereocenters. The van der Waals surface area contributed by atoms with Crippen LogP contribution in [0.3, 0.4) is 0 Å². The SMILES string of the molecule is C#C[C@@H](OC)c1cc(OC)c(OC)c(OC)c1. The van der Waals surface area contributed by atoms with E-state index >= 15 is 0 Å². The van der Waals surface area contributed by atoms with Crippen LogP contribution in [0.25, 0.3) is 0 Å². The Morgan fingerprint density at radius 2 is 1.53 bits per heavy atom. The summed E-state index contributed by atoms with van der Waals surface area (Å²) in [5.41, 5.74) is 0.782. The lowest BCUT2D eigenvalue weighted by molar-refractivity contribution is 0.150. The summed E-state index contributed by atoms with van der Waals surface area (Å²) >= 11 is 0. The maximum atomic E-state index is 5.38. The van der Waals surface area contributed by atoms with Gasteiger partial charge in [0.05, 0.1) is 21.3 Å². The largest absolute Gasteiger partial charge is 0.493 e. The van der Waals surface area contributed by atoms with Crippen molar-refractivity contribution in [1.82, 2.24) is 0 Å². The second-order valence-electron chi connectivity index (χ2n) is 3.24. The first-order valence-corrected chi connectivity index (χ1v) is 5.00. The maximum Gasteiger partial charge on any atom is 0.203 e. The summed E-state index contributed by atoms with van der Waals surface area (Å²) in [5, 5.41) is 0. The molecule has 4 heteroatoms. The highest BCUT2D eigenvalue weighted by atomic mass is 16.5. The summed E-state index contributed by atoms with van der Waals surface area (Å²) in [5.74, 6) is 4.18. The van der Waals surface area contributed by atoms with Crippen LogP contribution in [-0.4, -0.2) is 28.4 Å². The van der Waals surface area contributed by atoms with Crippen LogP contribution in [-0.2, 0) is 4.74 Å². The van der Waals surface area contributed by atoms with Gasteiger partial charge in [-0.2, -0.15) is 0 Å². The fraction of sp³-hybridized carbons (Fsp3) is 0.385. The molecule has 0 aromatic heterocycles. The van der Waals surface area contributed by atoms with E-state index in [1.807, 2.05) is 0 Å². The lowest BCUT2D eigenvalue weighted by atomic mass is 10.1. The van der Waals surface area contributed by atoms with Crippen LogP contribution in [0.2, 0.25) is 0 Å². The molecular formula is C13H16O4. The van der Waals surface area contributed by atoms with Gasteiger partial charge >= 0.3 is 0 Å². The van der Waals surface area contributed by atoms with Gasteiger partial charge in [-0.15, -0.1) is 6.42 Å². The molecular weight excluding hydrogens is 220 g/mol. The van der Waals surface area contributed by atoms with Crippen molar-refractivity contribution < 1.29 is 18.9 Å². The van der Waals surface area contributed by atoms with Gasteiger partial charge in [0.25, 0.3) is 0 Å². The molecule has 0 aliphatic heterocycles. The zero-order chi connectivity index (χ0) is 12.8. The molecule has 1 aromatic carbocycles. The molecule has 0 bridgehead atoms. The standard InChI is InChI=1S/C13H16O4/c1-6-10(14-2)9-7-11(15-3)13(17-5)12(8-9)16-4/h1,7-8,10H,2-5H3/t10-/m1/s1. The molecule has 0 aliphatic carbocycles. The molecule has 4 nitrogen and oxygen atoms in total. The molecule has 0 heterocycles. The van der Waals surface area contributed by atoms with E-state index in [-0.39, 0.29) is 0 Å². The van der Waals surface area contributed by atoms with Gasteiger partial charge < -0.3 is 18.9 Å². The Hall–Kier alpha value is -1.86. The Labute approximate surface area is 101 Å². The number of ether oxygens (including phenoxy) is 4. The molecule has 0 radical (unpaired) electrons. The average molecular weight is 236 g/mol. The third-order valence-corrected chi connectivity index (χ3v) is 2.38. The number of benzene rings is 1. The van der Waals surface area contributed by atoms with E-state index in [9.17, 15) is 0 Å². The van der Waals surface area contributed by atoms with Crippen LogP contribution in [0.15, 0.2) is 12.1 Å². The Morgan fingerprint density at radius 1 is 1.00 bits per heavy atom. The summed E-state index contributed by atoms with van der Waals surface area (Å²) in [6.45, 7) is 0. The van der Waals surface area contributed by atoms with Crippen LogP contribution in [0.5, 0.6) is 17.2 Å². The van der Waals surface area contributed by atoms with Crippen LogP contribution in [0.4, 0.5) is 0 Å². The second kappa shape index (κ2) is 6.02. The molecule has 0 saturated heterocycles. The smallest absolute Gasteiger partial charge is 0.203 e. The van der Waals surface area contributed by atoms with E-state index < -0.39 is 6.10 Å². The molecule has 17 heavy (non-hydrogen) atoms. The molecule has 0 aliphatic rings. The van der Waals surface area contributed by atoms with Crippen molar-refractivity contribution in [2.24, 2.45) is 0 Å². The molecule has 1 rings (SSSR count). The summed E-state index contributed by atoms with van der Waals surface area (Å²) < 4.78 is 20.8. The summed E-state index contributed by atoms with van der Waals surface area (Å²) in [6, 6.07) is 3.55. The topological polar surface area (TPSA) is 36.9 Å². The number of terminal acetylenes is 1. The van der Waals surface area contributed by atoms with E-state index in [1.54, 1.807) is 40.6 Å². The van der Waals surface area contributed by atoms with Gasteiger partial charge in [-0.1, -0.05) is 5.92 Å². The first-order valence-electron chi connectivity index (χ1n) is 5.00. The van der Waals surface area contributed by atoms with Crippen molar-refractivity contribution >= 4 is 0 Å². The predicted octanol–water partition coefficient (Wildman–Crippen LogP) is 2.03. The van der Waals surface area contributed by atoms with Crippen molar-refractivity contribution in [2.75, 3.05) is 28.4 Å². The summed E-state index contributed by atoms with van der Waals surface area (Å²) in [4.78, 5) is 0. The first kappa shape index (κ1) is 13.2. The van der Waals surface area contributed by atoms with Gasteiger partial charge in [0, 0.05) is 12.7 Å². The number of rotatable bonds is 5. The molecule has 0 spiro atoms. The maximum absolute atomic E-state index is 5.38. The second-order valence-corrected chi connectivity index (χ2v) is 3.24. The molecule has 1 aromatic rings. The summed E-state index contributed by atoms with van der Waals surface area (Å²) in [6.07, 6.45) is 4.94. The normalized spacial score (nSPS) is 11.5. The summed E-state index contributed by atoms with van der Waals surface area (Å²) in [7, 11) is 6.21. The van der Waals surface area contributed by atoms with Crippen LogP contribution in [0, 0.1) is 12.3 Å². The van der Waals surface area contributed by atoms with E-state index in [2.05, 4.69) is 5.92 Å². The van der Waals surface area contributed by atoms with Gasteiger partial charge in [-0.25, -0.2) is 0 Å². The lowest BCUT2D eigenvalue weighted by Crippen LogP contribution is -2.02.